The van der Waals surface area contributed by atoms with Gasteiger partial charge in [0.15, 0.2) is 0 Å². The van der Waals surface area contributed by atoms with Gasteiger partial charge in [0, 0.05) is 5.56 Å². The maximum atomic E-state index is 11.2. The van der Waals surface area contributed by atoms with Crippen LogP contribution < -0.4 is 0 Å². The Kier molecular flexibility index (Phi) is 3.25. The molecule has 0 aliphatic carbocycles. The van der Waals surface area contributed by atoms with Crippen LogP contribution in [-0.4, -0.2) is 17.4 Å². The highest BCUT2D eigenvalue weighted by Gasteiger charge is 2.07. The fraction of sp³-hybridized carbons (Fsp3) is 0. The van der Waals surface area contributed by atoms with Gasteiger partial charge < -0.3 is 5.11 Å². The zero-order valence-corrected chi connectivity index (χ0v) is 14.3. The summed E-state index contributed by atoms with van der Waals surface area (Å²) in [4.78, 5) is 22.3. The Morgan fingerprint density at radius 3 is 1.56 bits per heavy atom. The lowest BCUT2D eigenvalue weighted by atomic mass is 9.96. The van der Waals surface area contributed by atoms with Gasteiger partial charge in [0.1, 0.15) is 6.29 Å². The van der Waals surface area contributed by atoms with E-state index in [1.165, 1.54) is 0 Å². The van der Waals surface area contributed by atoms with Gasteiger partial charge >= 0.3 is 5.97 Å². The lowest BCUT2D eigenvalue weighted by molar-refractivity contribution is 0.0697. The monoisotopic (exact) mass is 350 g/mol. The minimum Gasteiger partial charge on any atom is -0.478 e. The average molecular weight is 350 g/mol. The van der Waals surface area contributed by atoms with Crippen molar-refractivity contribution in [1.82, 2.24) is 0 Å². The third kappa shape index (κ3) is 2.52. The number of rotatable bonds is 2. The van der Waals surface area contributed by atoms with Gasteiger partial charge in [-0.1, -0.05) is 18.2 Å². The molecule has 1 N–H and O–H groups in total. The number of hydrogen-bond donors (Lipinski definition) is 1. The molecule has 5 rings (SSSR count). The highest BCUT2D eigenvalue weighted by Crippen LogP contribution is 2.30. The number of carboxylic acids is 1. The molecule has 0 atom stereocenters. The molecule has 0 saturated heterocycles. The van der Waals surface area contributed by atoms with Crippen molar-refractivity contribution in [1.29, 1.82) is 0 Å². The highest BCUT2D eigenvalue weighted by atomic mass is 16.4. The Balaban J connectivity index is 1.80. The predicted octanol–water partition coefficient (Wildman–Crippen LogP) is 5.81. The first kappa shape index (κ1) is 15.5. The molecule has 0 aromatic heterocycles. The second-order valence-electron chi connectivity index (χ2n) is 6.84. The zero-order valence-electron chi connectivity index (χ0n) is 14.3. The lowest BCUT2D eigenvalue weighted by Crippen LogP contribution is -1.95. The number of carboxylic acid groups (broad SMARTS) is 1. The smallest absolute Gasteiger partial charge is 0.335 e. The van der Waals surface area contributed by atoms with E-state index < -0.39 is 5.97 Å². The van der Waals surface area contributed by atoms with Crippen molar-refractivity contribution >= 4 is 55.3 Å². The van der Waals surface area contributed by atoms with E-state index in [2.05, 4.69) is 30.3 Å². The molecule has 0 spiro atoms. The van der Waals surface area contributed by atoms with Crippen molar-refractivity contribution in [3.05, 3.63) is 83.9 Å². The van der Waals surface area contributed by atoms with Crippen LogP contribution >= 0.6 is 0 Å². The van der Waals surface area contributed by atoms with Gasteiger partial charge in [-0.2, -0.15) is 0 Å². The fourth-order valence-electron chi connectivity index (χ4n) is 3.73. The summed E-state index contributed by atoms with van der Waals surface area (Å²) in [5, 5.41) is 17.7. The summed E-state index contributed by atoms with van der Waals surface area (Å²) in [5.74, 6) is -0.920. The molecule has 0 radical (unpaired) electrons. The molecule has 0 bridgehead atoms. The Bertz CT molecular complexity index is 1410. The largest absolute Gasteiger partial charge is 0.478 e. The van der Waals surface area contributed by atoms with E-state index in [9.17, 15) is 14.7 Å². The summed E-state index contributed by atoms with van der Waals surface area (Å²) in [6.07, 6.45) is 0.863. The van der Waals surface area contributed by atoms with Crippen molar-refractivity contribution in [3.8, 4) is 0 Å². The molecular weight excluding hydrogens is 336 g/mol. The van der Waals surface area contributed by atoms with Crippen molar-refractivity contribution in [2.24, 2.45) is 0 Å². The molecular formula is C24H14O3. The van der Waals surface area contributed by atoms with E-state index >= 15 is 0 Å². The van der Waals surface area contributed by atoms with E-state index in [1.807, 2.05) is 30.3 Å². The van der Waals surface area contributed by atoms with E-state index in [4.69, 9.17) is 0 Å². The Morgan fingerprint density at radius 2 is 1.04 bits per heavy atom. The third-order valence-corrected chi connectivity index (χ3v) is 5.11. The molecule has 0 amide bonds. The minimum absolute atomic E-state index is 0.291. The molecule has 0 heterocycles. The number of carbonyl (C=O) groups excluding carboxylic acids is 1. The third-order valence-electron chi connectivity index (χ3n) is 5.11. The van der Waals surface area contributed by atoms with Crippen LogP contribution in [0, 0.1) is 0 Å². The molecule has 0 saturated carbocycles. The van der Waals surface area contributed by atoms with Crippen molar-refractivity contribution < 1.29 is 14.7 Å². The van der Waals surface area contributed by atoms with E-state index in [0.717, 1.165) is 49.4 Å². The summed E-state index contributed by atoms with van der Waals surface area (Å²) < 4.78 is 0. The quantitative estimate of drug-likeness (QED) is 0.323. The van der Waals surface area contributed by atoms with Gasteiger partial charge in [0.25, 0.3) is 0 Å². The van der Waals surface area contributed by atoms with Crippen LogP contribution in [0.25, 0.3) is 43.1 Å². The van der Waals surface area contributed by atoms with Crippen molar-refractivity contribution in [2.75, 3.05) is 0 Å². The van der Waals surface area contributed by atoms with E-state index in [0.29, 0.717) is 11.1 Å². The Morgan fingerprint density at radius 1 is 0.593 bits per heavy atom. The highest BCUT2D eigenvalue weighted by molar-refractivity contribution is 6.09. The normalized spacial score (nSPS) is 11.4. The SMILES string of the molecule is O=Cc1ccc2cc3cc4cc5cc(C(=O)O)ccc5cc4cc3cc2c1. The topological polar surface area (TPSA) is 54.4 Å². The standard InChI is InChI=1S/C24H14O3/c25-13-14-1-2-15-6-20-12-23-10-19-8-17(24(26)27)4-3-16(19)7-21(23)11-22(20)9-18(15)5-14/h1-13H,(H,26,27). The van der Waals surface area contributed by atoms with Gasteiger partial charge in [-0.3, -0.25) is 4.79 Å². The second-order valence-corrected chi connectivity index (χ2v) is 6.84. The number of carbonyl (C=O) groups is 2. The Hall–Kier alpha value is -3.72. The molecule has 3 nitrogen and oxygen atoms in total. The summed E-state index contributed by atoms with van der Waals surface area (Å²) in [7, 11) is 0. The molecule has 0 aliphatic rings. The van der Waals surface area contributed by atoms with E-state index in [-0.39, 0.29) is 0 Å². The number of hydrogen-bond acceptors (Lipinski definition) is 2. The van der Waals surface area contributed by atoms with Crippen LogP contribution in [0.4, 0.5) is 0 Å². The van der Waals surface area contributed by atoms with Crippen LogP contribution in [-0.2, 0) is 0 Å². The van der Waals surface area contributed by atoms with Crippen LogP contribution in [0.2, 0.25) is 0 Å². The molecule has 3 heteroatoms. The first-order valence-corrected chi connectivity index (χ1v) is 8.64. The molecule has 0 aliphatic heterocycles. The molecule has 128 valence electrons. The molecule has 5 aromatic rings. The first-order chi connectivity index (χ1) is 13.1. The summed E-state index contributed by atoms with van der Waals surface area (Å²) in [5.41, 5.74) is 0.961. The second kappa shape index (κ2) is 5.64. The van der Waals surface area contributed by atoms with Crippen LogP contribution in [0.3, 0.4) is 0 Å². The number of aromatic carboxylic acids is 1. The lowest BCUT2D eigenvalue weighted by Gasteiger charge is -2.08. The van der Waals surface area contributed by atoms with Gasteiger partial charge in [-0.25, -0.2) is 4.79 Å². The first-order valence-electron chi connectivity index (χ1n) is 8.64. The van der Waals surface area contributed by atoms with Gasteiger partial charge in [0.05, 0.1) is 5.56 Å². The van der Waals surface area contributed by atoms with Crippen LogP contribution in [0.15, 0.2) is 72.8 Å². The van der Waals surface area contributed by atoms with Gasteiger partial charge in [-0.05, 0) is 97.7 Å². The van der Waals surface area contributed by atoms with Gasteiger partial charge in [-0.15, -0.1) is 0 Å². The predicted molar refractivity (Wildman–Crippen MR) is 109 cm³/mol. The number of benzene rings is 5. The number of fused-ring (bicyclic) bond motifs is 4. The Labute approximate surface area is 154 Å². The van der Waals surface area contributed by atoms with E-state index in [1.54, 1.807) is 12.1 Å². The summed E-state index contributed by atoms with van der Waals surface area (Å²) >= 11 is 0. The van der Waals surface area contributed by atoms with Crippen LogP contribution in [0.1, 0.15) is 20.7 Å². The maximum absolute atomic E-state index is 11.2. The fourth-order valence-corrected chi connectivity index (χ4v) is 3.73. The van der Waals surface area contributed by atoms with Crippen molar-refractivity contribution in [2.45, 2.75) is 0 Å². The number of aldehydes is 1. The molecule has 0 fully saturated rings. The summed E-state index contributed by atoms with van der Waals surface area (Å²) in [6.45, 7) is 0. The van der Waals surface area contributed by atoms with Crippen molar-refractivity contribution in [3.63, 3.8) is 0 Å². The zero-order chi connectivity index (χ0) is 18.5. The summed E-state index contributed by atoms with van der Waals surface area (Å²) in [6, 6.07) is 23.5. The molecule has 27 heavy (non-hydrogen) atoms. The van der Waals surface area contributed by atoms with Gasteiger partial charge in [0.2, 0.25) is 0 Å². The molecule has 5 aromatic carbocycles. The molecule has 0 unspecified atom stereocenters. The van der Waals surface area contributed by atoms with Crippen LogP contribution in [0.5, 0.6) is 0 Å². The average Bonchev–Trinajstić information content (AvgIpc) is 2.68. The minimum atomic E-state index is -0.920. The maximum Gasteiger partial charge on any atom is 0.335 e.